The van der Waals surface area contributed by atoms with Gasteiger partial charge in [0.1, 0.15) is 17.1 Å². The van der Waals surface area contributed by atoms with E-state index in [0.717, 1.165) is 17.4 Å². The van der Waals surface area contributed by atoms with Crippen LogP contribution in [0.4, 0.5) is 26.3 Å². The molecule has 0 amide bonds. The third kappa shape index (κ3) is 7.21. The molecule has 1 heterocycles. The van der Waals surface area contributed by atoms with Crippen LogP contribution in [0.2, 0.25) is 0 Å². The second-order valence-electron chi connectivity index (χ2n) is 9.92. The zero-order valence-electron chi connectivity index (χ0n) is 22.2. The van der Waals surface area contributed by atoms with Gasteiger partial charge in [0.15, 0.2) is 5.75 Å². The first-order valence-corrected chi connectivity index (χ1v) is 12.9. The highest BCUT2D eigenvalue weighted by molar-refractivity contribution is 7.22. The number of thiophene rings is 1. The Kier molecular flexibility index (Phi) is 8.13. The number of benzene rings is 3. The molecule has 4 rings (SSSR count). The largest absolute Gasteiger partial charge is 0.497 e. The van der Waals surface area contributed by atoms with Crippen molar-refractivity contribution in [1.82, 2.24) is 0 Å². The molecule has 0 saturated heterocycles. The quantitative estimate of drug-likeness (QED) is 0.127. The van der Waals surface area contributed by atoms with Crippen molar-refractivity contribution in [2.24, 2.45) is 0 Å². The minimum Gasteiger partial charge on any atom is -0.497 e. The average molecular weight is 595 g/mol. The summed E-state index contributed by atoms with van der Waals surface area (Å²) in [5, 5.41) is 0.452. The van der Waals surface area contributed by atoms with Crippen molar-refractivity contribution in [2.75, 3.05) is 7.11 Å². The molecular formula is C30H24F6O4S. The van der Waals surface area contributed by atoms with Gasteiger partial charge in [-0.25, -0.2) is 4.79 Å². The number of hydrogen-bond acceptors (Lipinski definition) is 5. The lowest BCUT2D eigenvalue weighted by atomic mass is 10.0. The number of hydrogen-bond donors (Lipinski definition) is 0. The fourth-order valence-corrected chi connectivity index (χ4v) is 5.07. The molecule has 0 fully saturated rings. The summed E-state index contributed by atoms with van der Waals surface area (Å²) >= 11 is 0.939. The Hall–Kier alpha value is -3.99. The van der Waals surface area contributed by atoms with E-state index in [1.54, 1.807) is 63.2 Å². The first kappa shape index (κ1) is 30.0. The molecule has 0 spiro atoms. The highest BCUT2D eigenvalue weighted by atomic mass is 32.1. The number of ether oxygens (including phenoxy) is 3. The molecule has 1 aromatic heterocycles. The summed E-state index contributed by atoms with van der Waals surface area (Å²) in [6, 6.07) is 12.7. The van der Waals surface area contributed by atoms with Gasteiger partial charge in [0, 0.05) is 21.7 Å². The average Bonchev–Trinajstić information content (AvgIpc) is 3.23. The molecule has 0 aliphatic rings. The zero-order valence-corrected chi connectivity index (χ0v) is 23.1. The third-order valence-electron chi connectivity index (χ3n) is 5.67. The Morgan fingerprint density at radius 1 is 0.829 bits per heavy atom. The highest BCUT2D eigenvalue weighted by Gasteiger charge is 2.39. The van der Waals surface area contributed by atoms with Gasteiger partial charge in [0.05, 0.1) is 23.1 Å². The Bertz CT molecular complexity index is 1590. The molecule has 0 bridgehead atoms. The van der Waals surface area contributed by atoms with Crippen LogP contribution in [0.25, 0.3) is 26.6 Å². The van der Waals surface area contributed by atoms with Crippen molar-refractivity contribution in [1.29, 1.82) is 0 Å². The van der Waals surface area contributed by atoms with Crippen molar-refractivity contribution in [3.8, 4) is 27.7 Å². The van der Waals surface area contributed by atoms with Crippen LogP contribution in [0.3, 0.4) is 0 Å². The molecule has 11 heteroatoms. The molecule has 216 valence electrons. The monoisotopic (exact) mass is 594 g/mol. The van der Waals surface area contributed by atoms with Gasteiger partial charge >= 0.3 is 18.3 Å². The third-order valence-corrected chi connectivity index (χ3v) is 6.83. The van der Waals surface area contributed by atoms with Gasteiger partial charge in [0.25, 0.3) is 0 Å². The number of carbonyl (C=O) groups is 1. The Balaban J connectivity index is 1.77. The summed E-state index contributed by atoms with van der Waals surface area (Å²) in [6.07, 6.45) is -7.22. The lowest BCUT2D eigenvalue weighted by Gasteiger charge is -2.17. The second-order valence-corrected chi connectivity index (χ2v) is 11.0. The van der Waals surface area contributed by atoms with Crippen molar-refractivity contribution in [3.05, 3.63) is 83.4 Å². The summed E-state index contributed by atoms with van der Waals surface area (Å²) in [5.41, 5.74) is -3.31. The topological polar surface area (TPSA) is 44.8 Å². The smallest absolute Gasteiger partial charge is 0.417 e. The summed E-state index contributed by atoms with van der Waals surface area (Å²) < 4.78 is 99.0. The first-order chi connectivity index (χ1) is 19.0. The van der Waals surface area contributed by atoms with Gasteiger partial charge in [-0.1, -0.05) is 18.2 Å². The number of carbonyl (C=O) groups excluding carboxylic acids is 1. The Morgan fingerprint density at radius 2 is 1.49 bits per heavy atom. The minimum atomic E-state index is -5.07. The number of methoxy groups -OCH3 is 1. The van der Waals surface area contributed by atoms with Gasteiger partial charge in [-0.05, 0) is 74.9 Å². The molecule has 41 heavy (non-hydrogen) atoms. The van der Waals surface area contributed by atoms with Crippen molar-refractivity contribution >= 4 is 33.5 Å². The van der Waals surface area contributed by atoms with Gasteiger partial charge in [-0.3, -0.25) is 0 Å². The van der Waals surface area contributed by atoms with Crippen LogP contribution in [0.5, 0.6) is 17.2 Å². The molecule has 4 aromatic rings. The van der Waals surface area contributed by atoms with E-state index in [1.165, 1.54) is 19.3 Å². The van der Waals surface area contributed by atoms with Crippen LogP contribution in [0, 0.1) is 0 Å². The number of fused-ring (bicyclic) bond motifs is 1. The highest BCUT2D eigenvalue weighted by Crippen LogP contribution is 2.51. The molecule has 0 atom stereocenters. The van der Waals surface area contributed by atoms with E-state index in [0.29, 0.717) is 27.5 Å². The van der Waals surface area contributed by atoms with Crippen LogP contribution >= 0.6 is 11.3 Å². The normalized spacial score (nSPS) is 12.6. The van der Waals surface area contributed by atoms with Gasteiger partial charge < -0.3 is 14.2 Å². The summed E-state index contributed by atoms with van der Waals surface area (Å²) in [5.74, 6) is 0.229. The van der Waals surface area contributed by atoms with Gasteiger partial charge in [-0.15, -0.1) is 11.3 Å². The number of rotatable bonds is 6. The van der Waals surface area contributed by atoms with Crippen molar-refractivity contribution in [3.63, 3.8) is 0 Å². The van der Waals surface area contributed by atoms with Gasteiger partial charge in [0.2, 0.25) is 0 Å². The maximum Gasteiger partial charge on any atom is 0.417 e. The fraction of sp³-hybridized carbons (Fsp3) is 0.233. The zero-order chi connectivity index (χ0) is 30.2. The maximum atomic E-state index is 14.0. The van der Waals surface area contributed by atoms with Crippen molar-refractivity contribution in [2.45, 2.75) is 38.7 Å². The molecule has 3 aromatic carbocycles. The molecule has 0 unspecified atom stereocenters. The molecule has 4 nitrogen and oxygen atoms in total. The second kappa shape index (κ2) is 11.1. The summed E-state index contributed by atoms with van der Waals surface area (Å²) in [6.45, 7) is 5.23. The van der Waals surface area contributed by atoms with E-state index in [-0.39, 0.29) is 22.4 Å². The van der Waals surface area contributed by atoms with E-state index in [4.69, 9.17) is 14.2 Å². The molecule has 0 radical (unpaired) electrons. The molecule has 0 aliphatic heterocycles. The lowest BCUT2D eigenvalue weighted by Crippen LogP contribution is -2.22. The number of alkyl halides is 6. The van der Waals surface area contributed by atoms with Crippen molar-refractivity contribution < 1.29 is 45.3 Å². The van der Waals surface area contributed by atoms with E-state index >= 15 is 0 Å². The summed E-state index contributed by atoms with van der Waals surface area (Å²) in [4.78, 5) is 11.9. The van der Waals surface area contributed by atoms with E-state index < -0.39 is 40.6 Å². The van der Waals surface area contributed by atoms with Crippen LogP contribution in [0.1, 0.15) is 37.5 Å². The fourth-order valence-electron chi connectivity index (χ4n) is 3.88. The number of halogens is 6. The van der Waals surface area contributed by atoms with E-state index in [2.05, 4.69) is 0 Å². The van der Waals surface area contributed by atoms with Crippen LogP contribution in [-0.4, -0.2) is 18.7 Å². The SMILES string of the molecule is COc1ccc2c(Oc3ccc(/C=C/C(=O)OC(C)(C)C)cc3)c(-c3ccc(C(F)(F)F)cc3C(F)(F)F)sc2c1. The lowest BCUT2D eigenvalue weighted by molar-refractivity contribution is -0.148. The first-order valence-electron chi connectivity index (χ1n) is 12.1. The molecule has 0 aliphatic carbocycles. The Morgan fingerprint density at radius 3 is 2.07 bits per heavy atom. The predicted octanol–water partition coefficient (Wildman–Crippen LogP) is 9.76. The van der Waals surface area contributed by atoms with E-state index in [1.807, 2.05) is 0 Å². The Labute approximate surface area is 235 Å². The molecule has 0 N–H and O–H groups in total. The minimum absolute atomic E-state index is 0.00296. The summed E-state index contributed by atoms with van der Waals surface area (Å²) in [7, 11) is 1.43. The van der Waals surface area contributed by atoms with E-state index in [9.17, 15) is 31.1 Å². The predicted molar refractivity (Wildman–Crippen MR) is 145 cm³/mol. The van der Waals surface area contributed by atoms with Crippen LogP contribution in [-0.2, 0) is 21.9 Å². The molecular weight excluding hydrogens is 570 g/mol. The van der Waals surface area contributed by atoms with Crippen LogP contribution in [0.15, 0.2) is 66.7 Å². The standard InChI is InChI=1S/C30H24F6O4S/c1-28(2,3)40-25(37)14-7-17-5-9-19(10-6-17)39-26-22-13-11-20(38-4)16-24(22)41-27(26)21-12-8-18(29(31,32)33)15-23(21)30(34,35)36/h5-16H,1-4H3/b14-7+. The van der Waals surface area contributed by atoms with Crippen LogP contribution < -0.4 is 9.47 Å². The number of esters is 1. The molecule has 0 saturated carbocycles. The van der Waals surface area contributed by atoms with Gasteiger partial charge in [-0.2, -0.15) is 26.3 Å². The maximum absolute atomic E-state index is 14.0.